The smallest absolute Gasteiger partial charge is 0.311 e. The van der Waals surface area contributed by atoms with Crippen molar-refractivity contribution in [3.8, 4) is 34.4 Å². The lowest BCUT2D eigenvalue weighted by Crippen LogP contribution is -2.09. The van der Waals surface area contributed by atoms with Crippen molar-refractivity contribution >= 4 is 5.97 Å². The number of carbonyl (C=O) groups excluding carboxylic acids is 1. The molecule has 4 rings (SSSR count). The molecule has 0 atom stereocenters. The molecular formula is C23H17NO4. The number of nitriles is 1. The van der Waals surface area contributed by atoms with Crippen LogP contribution in [0.5, 0.6) is 17.2 Å². The van der Waals surface area contributed by atoms with E-state index in [4.69, 9.17) is 19.5 Å². The molecular weight excluding hydrogens is 354 g/mol. The number of benzene rings is 3. The van der Waals surface area contributed by atoms with Gasteiger partial charge < -0.3 is 14.2 Å². The molecule has 138 valence electrons. The fourth-order valence-corrected chi connectivity index (χ4v) is 2.98. The fourth-order valence-electron chi connectivity index (χ4n) is 2.98. The minimum absolute atomic E-state index is 0.235. The van der Waals surface area contributed by atoms with Crippen LogP contribution in [0, 0.1) is 11.3 Å². The molecule has 0 bridgehead atoms. The third-order valence-electron chi connectivity index (χ3n) is 4.49. The summed E-state index contributed by atoms with van der Waals surface area (Å²) in [4.78, 5) is 12.1. The van der Waals surface area contributed by atoms with E-state index >= 15 is 0 Å². The normalized spacial score (nSPS) is 11.7. The summed E-state index contributed by atoms with van der Waals surface area (Å²) in [5.74, 6) is 1.66. The van der Waals surface area contributed by atoms with Crippen molar-refractivity contribution in [3.63, 3.8) is 0 Å². The first-order valence-electron chi connectivity index (χ1n) is 8.91. The minimum Gasteiger partial charge on any atom is -0.454 e. The Hall–Kier alpha value is -3.78. The summed E-state index contributed by atoms with van der Waals surface area (Å²) >= 11 is 0. The summed E-state index contributed by atoms with van der Waals surface area (Å²) in [5, 5.41) is 8.87. The van der Waals surface area contributed by atoms with Crippen LogP contribution in [0.15, 0.2) is 66.7 Å². The summed E-state index contributed by atoms with van der Waals surface area (Å²) < 4.78 is 16.0. The molecule has 3 aromatic carbocycles. The summed E-state index contributed by atoms with van der Waals surface area (Å²) in [6.07, 6.45) is 0.843. The number of ether oxygens (including phenoxy) is 3. The van der Waals surface area contributed by atoms with E-state index in [1.165, 1.54) is 0 Å². The summed E-state index contributed by atoms with van der Waals surface area (Å²) in [6, 6.07) is 22.4. The number of hydrogen-bond donors (Lipinski definition) is 0. The number of hydrogen-bond acceptors (Lipinski definition) is 5. The molecule has 0 fully saturated rings. The predicted octanol–water partition coefficient (Wildman–Crippen LogP) is 4.49. The van der Waals surface area contributed by atoms with Crippen molar-refractivity contribution in [2.45, 2.75) is 12.8 Å². The number of carbonyl (C=O) groups is 1. The van der Waals surface area contributed by atoms with E-state index in [1.54, 1.807) is 24.3 Å². The topological polar surface area (TPSA) is 68.5 Å². The zero-order valence-corrected chi connectivity index (χ0v) is 15.1. The number of esters is 1. The standard InChI is InChI=1S/C23H17NO4/c24-14-17-1-5-18(6-2-17)19-7-9-20(10-8-19)28-23(25)12-4-16-3-11-21-22(13-16)27-15-26-21/h1-3,5-11,13H,4,12,15H2. The Morgan fingerprint density at radius 3 is 2.32 bits per heavy atom. The van der Waals surface area contributed by atoms with Crippen LogP contribution in [0.1, 0.15) is 17.5 Å². The van der Waals surface area contributed by atoms with E-state index in [0.717, 1.165) is 22.4 Å². The average molecular weight is 371 g/mol. The van der Waals surface area contributed by atoms with Crippen LogP contribution >= 0.6 is 0 Å². The van der Waals surface area contributed by atoms with Gasteiger partial charge in [0.25, 0.3) is 0 Å². The first-order chi connectivity index (χ1) is 13.7. The molecule has 0 amide bonds. The summed E-state index contributed by atoms with van der Waals surface area (Å²) in [6.45, 7) is 0.235. The first kappa shape index (κ1) is 17.6. The van der Waals surface area contributed by atoms with Gasteiger partial charge in [-0.2, -0.15) is 5.26 Å². The molecule has 0 aromatic heterocycles. The van der Waals surface area contributed by atoms with Crippen LogP contribution in [-0.4, -0.2) is 12.8 Å². The Labute approximate surface area is 162 Å². The second kappa shape index (κ2) is 7.85. The van der Waals surface area contributed by atoms with Gasteiger partial charge in [-0.25, -0.2) is 0 Å². The maximum absolute atomic E-state index is 12.1. The van der Waals surface area contributed by atoms with Gasteiger partial charge in [-0.05, 0) is 59.5 Å². The molecule has 0 saturated carbocycles. The minimum atomic E-state index is -0.288. The Morgan fingerprint density at radius 2 is 1.61 bits per heavy atom. The SMILES string of the molecule is N#Cc1ccc(-c2ccc(OC(=O)CCc3ccc4c(c3)OCO4)cc2)cc1. The van der Waals surface area contributed by atoms with Crippen molar-refractivity contribution < 1.29 is 19.0 Å². The molecule has 1 aliphatic rings. The molecule has 5 nitrogen and oxygen atoms in total. The van der Waals surface area contributed by atoms with Gasteiger partial charge in [0.05, 0.1) is 11.6 Å². The molecule has 0 saturated heterocycles. The predicted molar refractivity (Wildman–Crippen MR) is 103 cm³/mol. The van der Waals surface area contributed by atoms with Crippen LogP contribution in [0.2, 0.25) is 0 Å². The van der Waals surface area contributed by atoms with Crippen molar-refractivity contribution in [1.29, 1.82) is 5.26 Å². The highest BCUT2D eigenvalue weighted by Crippen LogP contribution is 2.32. The molecule has 0 spiro atoms. The molecule has 1 heterocycles. The van der Waals surface area contributed by atoms with Gasteiger partial charge in [-0.3, -0.25) is 4.79 Å². The van der Waals surface area contributed by atoms with Crippen LogP contribution in [0.25, 0.3) is 11.1 Å². The Morgan fingerprint density at radius 1 is 0.929 bits per heavy atom. The maximum atomic E-state index is 12.1. The molecule has 0 N–H and O–H groups in total. The lowest BCUT2D eigenvalue weighted by Gasteiger charge is -2.07. The second-order valence-electron chi connectivity index (χ2n) is 6.38. The quantitative estimate of drug-likeness (QED) is 0.488. The molecule has 28 heavy (non-hydrogen) atoms. The molecule has 0 unspecified atom stereocenters. The fraction of sp³-hybridized carbons (Fsp3) is 0.130. The van der Waals surface area contributed by atoms with Crippen molar-refractivity contribution in [3.05, 3.63) is 77.9 Å². The number of rotatable bonds is 5. The van der Waals surface area contributed by atoms with Gasteiger partial charge in [0.15, 0.2) is 11.5 Å². The second-order valence-corrected chi connectivity index (χ2v) is 6.38. The molecule has 5 heteroatoms. The summed E-state index contributed by atoms with van der Waals surface area (Å²) in [7, 11) is 0. The largest absolute Gasteiger partial charge is 0.454 e. The van der Waals surface area contributed by atoms with Crippen LogP contribution in [0.3, 0.4) is 0 Å². The van der Waals surface area contributed by atoms with E-state index in [9.17, 15) is 4.79 Å². The highest BCUT2D eigenvalue weighted by Gasteiger charge is 2.14. The zero-order chi connectivity index (χ0) is 19.3. The first-order valence-corrected chi connectivity index (χ1v) is 8.91. The molecule has 0 radical (unpaired) electrons. The highest BCUT2D eigenvalue weighted by atomic mass is 16.7. The highest BCUT2D eigenvalue weighted by molar-refractivity contribution is 5.73. The monoisotopic (exact) mass is 371 g/mol. The van der Waals surface area contributed by atoms with Crippen molar-refractivity contribution in [2.24, 2.45) is 0 Å². The van der Waals surface area contributed by atoms with E-state index in [0.29, 0.717) is 23.5 Å². The number of fused-ring (bicyclic) bond motifs is 1. The van der Waals surface area contributed by atoms with Crippen LogP contribution in [0.4, 0.5) is 0 Å². The van der Waals surface area contributed by atoms with Gasteiger partial charge in [0, 0.05) is 6.42 Å². The Bertz CT molecular complexity index is 1030. The Balaban J connectivity index is 1.33. The lowest BCUT2D eigenvalue weighted by atomic mass is 10.0. The van der Waals surface area contributed by atoms with Gasteiger partial charge in [0.2, 0.25) is 6.79 Å². The number of aryl methyl sites for hydroxylation is 1. The maximum Gasteiger partial charge on any atom is 0.311 e. The average Bonchev–Trinajstić information content (AvgIpc) is 3.21. The Kier molecular flexibility index (Phi) is 4.94. The number of nitrogens with zero attached hydrogens (tertiary/aromatic N) is 1. The zero-order valence-electron chi connectivity index (χ0n) is 15.1. The third-order valence-corrected chi connectivity index (χ3v) is 4.49. The molecule has 3 aromatic rings. The van der Waals surface area contributed by atoms with Crippen LogP contribution in [-0.2, 0) is 11.2 Å². The molecule has 0 aliphatic carbocycles. The molecule has 1 aliphatic heterocycles. The lowest BCUT2D eigenvalue weighted by molar-refractivity contribution is -0.134. The van der Waals surface area contributed by atoms with Gasteiger partial charge >= 0.3 is 5.97 Å². The van der Waals surface area contributed by atoms with E-state index in [2.05, 4.69) is 6.07 Å². The van der Waals surface area contributed by atoms with Crippen molar-refractivity contribution in [2.75, 3.05) is 6.79 Å². The van der Waals surface area contributed by atoms with Gasteiger partial charge in [-0.15, -0.1) is 0 Å². The summed E-state index contributed by atoms with van der Waals surface area (Å²) in [5.41, 5.74) is 3.61. The van der Waals surface area contributed by atoms with E-state index in [-0.39, 0.29) is 19.2 Å². The third kappa shape index (κ3) is 3.97. The van der Waals surface area contributed by atoms with E-state index in [1.807, 2.05) is 42.5 Å². The van der Waals surface area contributed by atoms with E-state index < -0.39 is 0 Å². The van der Waals surface area contributed by atoms with Crippen LogP contribution < -0.4 is 14.2 Å². The van der Waals surface area contributed by atoms with Crippen molar-refractivity contribution in [1.82, 2.24) is 0 Å². The van der Waals surface area contributed by atoms with Gasteiger partial charge in [-0.1, -0.05) is 30.3 Å². The van der Waals surface area contributed by atoms with Gasteiger partial charge in [0.1, 0.15) is 5.75 Å².